The van der Waals surface area contributed by atoms with E-state index in [1.807, 2.05) is 49.3 Å². The molecule has 2 aliphatic rings. The molecule has 4 atom stereocenters. The second kappa shape index (κ2) is 9.09. The molecule has 5 rings (SSSR count). The molecule has 11 nitrogen and oxygen atoms in total. The lowest BCUT2D eigenvalue weighted by atomic mass is 10.1. The summed E-state index contributed by atoms with van der Waals surface area (Å²) < 4.78 is 19.2. The quantitative estimate of drug-likeness (QED) is 0.608. The first kappa shape index (κ1) is 21.8. The van der Waals surface area contributed by atoms with Gasteiger partial charge < -0.3 is 19.1 Å². The van der Waals surface area contributed by atoms with E-state index in [-0.39, 0.29) is 18.8 Å². The molecule has 1 N–H and O–H groups in total. The van der Waals surface area contributed by atoms with E-state index >= 15 is 0 Å². The summed E-state index contributed by atoms with van der Waals surface area (Å²) in [6.45, 7) is 0.529. The van der Waals surface area contributed by atoms with Crippen LogP contribution in [0.1, 0.15) is 11.6 Å². The summed E-state index contributed by atoms with van der Waals surface area (Å²) >= 11 is 0. The molecule has 2 aliphatic heterocycles. The maximum absolute atomic E-state index is 12.4. The number of nitrogens with one attached hydrogen (secondary N) is 1. The summed E-state index contributed by atoms with van der Waals surface area (Å²) in [5.74, 6) is 0.614. The number of anilines is 2. The smallest absolute Gasteiger partial charge is 0.412 e. The molecule has 2 fully saturated rings. The summed E-state index contributed by atoms with van der Waals surface area (Å²) in [4.78, 5) is 14.4. The van der Waals surface area contributed by atoms with Gasteiger partial charge in [-0.3, -0.25) is 5.32 Å². The molecular weight excluding hydrogens is 438 g/mol. The lowest BCUT2D eigenvalue weighted by Gasteiger charge is -2.18. The molecule has 3 heterocycles. The monoisotopic (exact) mass is 461 g/mol. The Balaban J connectivity index is 1.26. The topological polar surface area (TPSA) is 127 Å². The Morgan fingerprint density at radius 1 is 1.18 bits per heavy atom. The first-order chi connectivity index (χ1) is 16.5. The maximum atomic E-state index is 12.4. The first-order valence-corrected chi connectivity index (χ1v) is 10.8. The molecule has 0 bridgehead atoms. The zero-order valence-corrected chi connectivity index (χ0v) is 18.7. The van der Waals surface area contributed by atoms with Crippen LogP contribution in [-0.2, 0) is 14.2 Å². The summed E-state index contributed by atoms with van der Waals surface area (Å²) in [5, 5.41) is 23.9. The number of ether oxygens (including phenoxy) is 3. The van der Waals surface area contributed by atoms with Crippen LogP contribution in [0.25, 0.3) is 11.4 Å². The molecular formula is C23H23N7O4. The molecule has 2 aromatic carbocycles. The van der Waals surface area contributed by atoms with Crippen molar-refractivity contribution >= 4 is 17.5 Å². The average molecular weight is 461 g/mol. The number of carbonyl (C=O) groups is 1. The number of hydrogen-bond donors (Lipinski definition) is 1. The maximum Gasteiger partial charge on any atom is 0.412 e. The van der Waals surface area contributed by atoms with Crippen LogP contribution in [0.2, 0.25) is 0 Å². The molecule has 174 valence electrons. The predicted octanol–water partition coefficient (Wildman–Crippen LogP) is 2.23. The number of hydrogen-bond acceptors (Lipinski definition) is 9. The van der Waals surface area contributed by atoms with E-state index in [4.69, 9.17) is 19.5 Å². The molecule has 1 amide bonds. The molecule has 0 spiro atoms. The normalized spacial score (nSPS) is 23.2. The lowest BCUT2D eigenvalue weighted by Crippen LogP contribution is -2.35. The number of tetrazole rings is 1. The van der Waals surface area contributed by atoms with Crippen LogP contribution in [0.3, 0.4) is 0 Å². The molecule has 34 heavy (non-hydrogen) atoms. The van der Waals surface area contributed by atoms with E-state index in [1.165, 1.54) is 0 Å². The van der Waals surface area contributed by atoms with Crippen LogP contribution in [0, 0.1) is 11.3 Å². The van der Waals surface area contributed by atoms with Gasteiger partial charge in [-0.05, 0) is 52.9 Å². The van der Waals surface area contributed by atoms with Crippen LogP contribution < -0.4 is 10.2 Å². The first-order valence-electron chi connectivity index (χ1n) is 10.8. The van der Waals surface area contributed by atoms with Crippen molar-refractivity contribution in [3.8, 4) is 17.5 Å². The number of amides is 1. The summed E-state index contributed by atoms with van der Waals surface area (Å²) in [7, 11) is 3.96. The highest BCUT2D eigenvalue weighted by molar-refractivity contribution is 5.85. The van der Waals surface area contributed by atoms with Crippen LogP contribution in [0.5, 0.6) is 0 Å². The van der Waals surface area contributed by atoms with Gasteiger partial charge in [-0.1, -0.05) is 6.07 Å². The van der Waals surface area contributed by atoms with E-state index in [2.05, 4.69) is 20.8 Å². The Labute approximate surface area is 195 Å². The van der Waals surface area contributed by atoms with Gasteiger partial charge in [0.2, 0.25) is 0 Å². The number of fused-ring (bicyclic) bond motifs is 1. The van der Waals surface area contributed by atoms with Gasteiger partial charge in [0.05, 0.1) is 24.8 Å². The fourth-order valence-corrected chi connectivity index (χ4v) is 4.22. The van der Waals surface area contributed by atoms with Gasteiger partial charge in [-0.15, -0.1) is 5.10 Å². The second-order valence-electron chi connectivity index (χ2n) is 8.31. The van der Waals surface area contributed by atoms with Crippen molar-refractivity contribution in [1.29, 1.82) is 5.26 Å². The third-order valence-corrected chi connectivity index (χ3v) is 5.93. The Morgan fingerprint density at radius 3 is 2.74 bits per heavy atom. The van der Waals surface area contributed by atoms with E-state index in [9.17, 15) is 4.79 Å². The highest BCUT2D eigenvalue weighted by Gasteiger charge is 2.51. The molecule has 2 saturated heterocycles. The fraction of sp³-hybridized carbons (Fsp3) is 0.348. The van der Waals surface area contributed by atoms with Crippen molar-refractivity contribution in [3.05, 3.63) is 54.1 Å². The van der Waals surface area contributed by atoms with Gasteiger partial charge in [0.15, 0.2) is 11.9 Å². The zero-order chi connectivity index (χ0) is 23.7. The molecule has 0 radical (unpaired) electrons. The molecule has 0 aliphatic carbocycles. The molecule has 0 saturated carbocycles. The second-order valence-corrected chi connectivity index (χ2v) is 8.31. The number of nitrogens with zero attached hydrogens (tertiary/aromatic N) is 6. The van der Waals surface area contributed by atoms with Gasteiger partial charge in [0.25, 0.3) is 0 Å². The van der Waals surface area contributed by atoms with Crippen molar-refractivity contribution < 1.29 is 19.0 Å². The van der Waals surface area contributed by atoms with E-state index < -0.39 is 18.3 Å². The number of benzene rings is 2. The van der Waals surface area contributed by atoms with E-state index in [1.54, 1.807) is 28.9 Å². The van der Waals surface area contributed by atoms with Gasteiger partial charge in [-0.25, -0.2) is 9.48 Å². The third-order valence-electron chi connectivity index (χ3n) is 5.93. The fourth-order valence-electron chi connectivity index (χ4n) is 4.22. The van der Waals surface area contributed by atoms with Crippen molar-refractivity contribution in [3.63, 3.8) is 0 Å². The zero-order valence-electron chi connectivity index (χ0n) is 18.7. The lowest BCUT2D eigenvalue weighted by molar-refractivity contribution is 0.00774. The minimum Gasteiger partial charge on any atom is -0.441 e. The minimum atomic E-state index is -0.638. The predicted molar refractivity (Wildman–Crippen MR) is 121 cm³/mol. The van der Waals surface area contributed by atoms with Crippen LogP contribution in [0.4, 0.5) is 16.2 Å². The number of carbonyl (C=O) groups excluding carboxylic acids is 1. The Bertz CT molecular complexity index is 1220. The van der Waals surface area contributed by atoms with Crippen LogP contribution in [-0.4, -0.2) is 71.9 Å². The van der Waals surface area contributed by atoms with E-state index in [0.717, 1.165) is 11.3 Å². The number of rotatable bonds is 5. The van der Waals surface area contributed by atoms with Crippen LogP contribution in [0.15, 0.2) is 48.5 Å². The largest absolute Gasteiger partial charge is 0.441 e. The van der Waals surface area contributed by atoms with Gasteiger partial charge in [-0.2, -0.15) is 5.26 Å². The third kappa shape index (κ3) is 4.16. The summed E-state index contributed by atoms with van der Waals surface area (Å²) in [5.41, 5.74) is 2.87. The molecule has 11 heteroatoms. The Hall–Kier alpha value is -4.01. The summed E-state index contributed by atoms with van der Waals surface area (Å²) in [6.07, 6.45) is -2.01. The number of nitriles is 1. The number of aromatic nitrogens is 4. The minimum absolute atomic E-state index is 0.201. The highest BCUT2D eigenvalue weighted by Crippen LogP contribution is 2.37. The average Bonchev–Trinajstić information content (AvgIpc) is 3.57. The highest BCUT2D eigenvalue weighted by atomic mass is 16.6. The van der Waals surface area contributed by atoms with Gasteiger partial charge in [0.1, 0.15) is 18.2 Å². The molecule has 3 aromatic rings. The van der Waals surface area contributed by atoms with Gasteiger partial charge >= 0.3 is 6.09 Å². The summed E-state index contributed by atoms with van der Waals surface area (Å²) in [6, 6.07) is 16.3. The standard InChI is InChI=1S/C23H23N7O4/c1-29(2)17-8-6-15(7-9-17)22-26-27-28-30(22)18-12-32-21-19(13-33-20(18)21)34-23(31)25-16-5-3-4-14(10-16)11-24/h3-10,18-21H,12-13H2,1-2H3,(H,25,31)/t18-,19-,20-,21+/m1/s1. The molecule has 1 aromatic heterocycles. The Morgan fingerprint density at radius 2 is 1.97 bits per heavy atom. The van der Waals surface area contributed by atoms with Crippen molar-refractivity contribution in [2.45, 2.75) is 24.4 Å². The SMILES string of the molecule is CN(C)c1ccc(-c2nnnn2[C@@H]2CO[C@@H]3[C@@H]2OC[C@H]3OC(=O)Nc2cccc(C#N)c2)cc1. The van der Waals surface area contributed by atoms with Crippen molar-refractivity contribution in [1.82, 2.24) is 20.2 Å². The molecule has 0 unspecified atom stereocenters. The van der Waals surface area contributed by atoms with E-state index in [0.29, 0.717) is 23.7 Å². The van der Waals surface area contributed by atoms with Gasteiger partial charge in [0, 0.05) is 31.0 Å². The van der Waals surface area contributed by atoms with Crippen molar-refractivity contribution in [2.75, 3.05) is 37.5 Å². The van der Waals surface area contributed by atoms with Crippen LogP contribution >= 0.6 is 0 Å². The van der Waals surface area contributed by atoms with Crippen molar-refractivity contribution in [2.24, 2.45) is 0 Å². The Kier molecular flexibility index (Phi) is 5.83.